The van der Waals surface area contributed by atoms with E-state index in [1.54, 1.807) is 0 Å². The largest absolute Gasteiger partial charge is 0.393 e. The number of aliphatic hydroxyl groups excluding tert-OH is 1. The van der Waals surface area contributed by atoms with E-state index in [2.05, 4.69) is 19.0 Å². The molecule has 4 unspecified atom stereocenters. The van der Waals surface area contributed by atoms with Crippen molar-refractivity contribution in [3.05, 3.63) is 16.6 Å². The SMILES string of the molecule is C[C@]12C[C@H](O)C3C(CCC4=CC(=O)CC[C@@]43C)C1CCC2N=O. The molecule has 0 saturated heterocycles. The molecule has 7 atom stereocenters. The van der Waals surface area contributed by atoms with E-state index >= 15 is 0 Å². The number of aliphatic hydroxyl groups is 1. The van der Waals surface area contributed by atoms with Crippen LogP contribution in [-0.2, 0) is 4.79 Å². The number of carbonyl (C=O) groups is 1. The van der Waals surface area contributed by atoms with E-state index < -0.39 is 0 Å². The first-order valence-corrected chi connectivity index (χ1v) is 9.14. The number of fused-ring (bicyclic) bond motifs is 5. The highest BCUT2D eigenvalue weighted by Crippen LogP contribution is 2.65. The van der Waals surface area contributed by atoms with Crippen molar-refractivity contribution in [2.45, 2.75) is 70.9 Å². The van der Waals surface area contributed by atoms with Crippen molar-refractivity contribution in [1.29, 1.82) is 0 Å². The summed E-state index contributed by atoms with van der Waals surface area (Å²) in [6, 6.07) is -0.138. The molecule has 4 heteroatoms. The zero-order valence-electron chi connectivity index (χ0n) is 14.1. The molecule has 4 rings (SSSR count). The van der Waals surface area contributed by atoms with Crippen LogP contribution in [0.1, 0.15) is 58.8 Å². The maximum atomic E-state index is 11.8. The molecule has 3 fully saturated rings. The first-order valence-electron chi connectivity index (χ1n) is 9.14. The van der Waals surface area contributed by atoms with Gasteiger partial charge >= 0.3 is 0 Å². The molecule has 0 amide bonds. The number of rotatable bonds is 1. The third kappa shape index (κ3) is 1.97. The van der Waals surface area contributed by atoms with Crippen LogP contribution in [0.3, 0.4) is 0 Å². The summed E-state index contributed by atoms with van der Waals surface area (Å²) in [7, 11) is 0. The zero-order chi connectivity index (χ0) is 16.4. The average Bonchev–Trinajstić information content (AvgIpc) is 2.83. The van der Waals surface area contributed by atoms with Crippen LogP contribution in [0.15, 0.2) is 16.8 Å². The molecule has 4 nitrogen and oxygen atoms in total. The van der Waals surface area contributed by atoms with E-state index in [4.69, 9.17) is 0 Å². The average molecular weight is 317 g/mol. The van der Waals surface area contributed by atoms with Crippen LogP contribution < -0.4 is 0 Å². The summed E-state index contributed by atoms with van der Waals surface area (Å²) in [4.78, 5) is 23.1. The maximum absolute atomic E-state index is 11.8. The van der Waals surface area contributed by atoms with Crippen molar-refractivity contribution in [3.8, 4) is 0 Å². The van der Waals surface area contributed by atoms with Crippen molar-refractivity contribution in [2.24, 2.45) is 33.8 Å². The molecule has 0 heterocycles. The van der Waals surface area contributed by atoms with E-state index in [-0.39, 0.29) is 34.7 Å². The van der Waals surface area contributed by atoms with Crippen molar-refractivity contribution in [1.82, 2.24) is 0 Å². The van der Waals surface area contributed by atoms with Gasteiger partial charge in [-0.15, -0.1) is 0 Å². The summed E-state index contributed by atoms with van der Waals surface area (Å²) in [5.74, 6) is 1.44. The van der Waals surface area contributed by atoms with Gasteiger partial charge in [0.25, 0.3) is 0 Å². The van der Waals surface area contributed by atoms with Gasteiger partial charge in [-0.3, -0.25) is 4.79 Å². The second-order valence-corrected chi connectivity index (χ2v) is 8.86. The van der Waals surface area contributed by atoms with Gasteiger partial charge in [-0.1, -0.05) is 24.6 Å². The number of hydrogen-bond acceptors (Lipinski definition) is 4. The van der Waals surface area contributed by atoms with Gasteiger partial charge in [-0.2, -0.15) is 4.91 Å². The summed E-state index contributed by atoms with van der Waals surface area (Å²) in [5, 5.41) is 14.5. The van der Waals surface area contributed by atoms with Crippen LogP contribution in [0.2, 0.25) is 0 Å². The fourth-order valence-electron chi connectivity index (χ4n) is 6.83. The Morgan fingerprint density at radius 2 is 2.00 bits per heavy atom. The van der Waals surface area contributed by atoms with Gasteiger partial charge in [0.2, 0.25) is 0 Å². The number of hydrogen-bond donors (Lipinski definition) is 1. The first-order chi connectivity index (χ1) is 10.9. The number of carbonyl (C=O) groups excluding carboxylic acids is 1. The minimum atomic E-state index is -0.384. The Morgan fingerprint density at radius 3 is 2.74 bits per heavy atom. The van der Waals surface area contributed by atoms with Gasteiger partial charge in [0.1, 0.15) is 0 Å². The monoisotopic (exact) mass is 317 g/mol. The Bertz CT molecular complexity index is 585. The molecule has 0 aromatic rings. The molecule has 126 valence electrons. The standard InChI is InChI=1S/C19H27NO3/c1-18-8-7-12(21)9-11(18)3-4-13-14-5-6-16(20-23)19(14,2)10-15(22)17(13)18/h9,13-17,22H,3-8,10H2,1-2H3/t13?,14?,15-,16?,17?,18-,19-/m0/s1. The van der Waals surface area contributed by atoms with Crippen LogP contribution >= 0.6 is 0 Å². The smallest absolute Gasteiger partial charge is 0.155 e. The minimum Gasteiger partial charge on any atom is -0.393 e. The highest BCUT2D eigenvalue weighted by Gasteiger charge is 2.62. The molecule has 4 aliphatic carbocycles. The van der Waals surface area contributed by atoms with E-state index in [1.165, 1.54) is 5.57 Å². The highest BCUT2D eigenvalue weighted by molar-refractivity contribution is 5.91. The summed E-state index contributed by atoms with van der Waals surface area (Å²) in [6.07, 6.45) is 7.60. The maximum Gasteiger partial charge on any atom is 0.155 e. The molecule has 0 radical (unpaired) electrons. The lowest BCUT2D eigenvalue weighted by molar-refractivity contribution is -0.129. The van der Waals surface area contributed by atoms with Crippen LogP contribution in [0.25, 0.3) is 0 Å². The van der Waals surface area contributed by atoms with Crippen molar-refractivity contribution in [2.75, 3.05) is 0 Å². The van der Waals surface area contributed by atoms with E-state index in [9.17, 15) is 14.8 Å². The number of ketones is 1. The lowest BCUT2D eigenvalue weighted by Crippen LogP contribution is -2.57. The molecule has 23 heavy (non-hydrogen) atoms. The van der Waals surface area contributed by atoms with Crippen LogP contribution in [-0.4, -0.2) is 23.0 Å². The van der Waals surface area contributed by atoms with Crippen molar-refractivity contribution >= 4 is 5.78 Å². The second-order valence-electron chi connectivity index (χ2n) is 8.86. The summed E-state index contributed by atoms with van der Waals surface area (Å²) >= 11 is 0. The van der Waals surface area contributed by atoms with Gasteiger partial charge < -0.3 is 5.11 Å². The normalized spacial score (nSPS) is 52.2. The quantitative estimate of drug-likeness (QED) is 0.751. The predicted molar refractivity (Wildman–Crippen MR) is 87.7 cm³/mol. The van der Waals surface area contributed by atoms with E-state index in [0.29, 0.717) is 24.7 Å². The molecular formula is C19H27NO3. The number of nitroso groups, excluding NO2 is 1. The van der Waals surface area contributed by atoms with Crippen LogP contribution in [0.5, 0.6) is 0 Å². The predicted octanol–water partition coefficient (Wildman–Crippen LogP) is 3.62. The fraction of sp³-hybridized carbons (Fsp3) is 0.842. The van der Waals surface area contributed by atoms with E-state index in [1.807, 2.05) is 6.08 Å². The molecule has 1 N–H and O–H groups in total. The van der Waals surface area contributed by atoms with Gasteiger partial charge in [-0.25, -0.2) is 0 Å². The van der Waals surface area contributed by atoms with Gasteiger partial charge in [0.15, 0.2) is 5.78 Å². The van der Waals surface area contributed by atoms with E-state index in [0.717, 1.165) is 32.1 Å². The topological polar surface area (TPSA) is 66.7 Å². The second kappa shape index (κ2) is 4.98. The first kappa shape index (κ1) is 15.5. The molecule has 0 spiro atoms. The highest BCUT2D eigenvalue weighted by atomic mass is 16.3. The van der Waals surface area contributed by atoms with Crippen molar-refractivity contribution < 1.29 is 9.90 Å². The Kier molecular flexibility index (Phi) is 3.36. The Morgan fingerprint density at radius 1 is 1.22 bits per heavy atom. The Balaban J connectivity index is 1.73. The summed E-state index contributed by atoms with van der Waals surface area (Å²) < 4.78 is 0. The van der Waals surface area contributed by atoms with Crippen LogP contribution in [0.4, 0.5) is 0 Å². The van der Waals surface area contributed by atoms with Gasteiger partial charge in [0.05, 0.1) is 12.1 Å². The summed E-state index contributed by atoms with van der Waals surface area (Å²) in [5.41, 5.74) is 1.09. The Labute approximate surface area is 137 Å². The molecule has 0 aromatic heterocycles. The number of allylic oxidation sites excluding steroid dienone is 1. The third-order valence-corrected chi connectivity index (χ3v) is 7.97. The van der Waals surface area contributed by atoms with Gasteiger partial charge in [0, 0.05) is 6.42 Å². The zero-order valence-corrected chi connectivity index (χ0v) is 14.1. The molecule has 4 aliphatic rings. The molecule has 3 saturated carbocycles. The van der Waals surface area contributed by atoms with Gasteiger partial charge in [-0.05, 0) is 73.2 Å². The Hall–Kier alpha value is -1.03. The summed E-state index contributed by atoms with van der Waals surface area (Å²) in [6.45, 7) is 4.44. The lowest BCUT2D eigenvalue weighted by atomic mass is 9.46. The van der Waals surface area contributed by atoms with Crippen LogP contribution in [0, 0.1) is 33.5 Å². The number of nitrogens with zero attached hydrogens (tertiary/aromatic N) is 1. The molecule has 0 aliphatic heterocycles. The molecule has 0 bridgehead atoms. The molecule has 0 aromatic carbocycles. The third-order valence-electron chi connectivity index (χ3n) is 7.97. The lowest BCUT2D eigenvalue weighted by Gasteiger charge is -2.59. The fourth-order valence-corrected chi connectivity index (χ4v) is 6.83. The minimum absolute atomic E-state index is 0.0374. The molecular weight excluding hydrogens is 290 g/mol. The van der Waals surface area contributed by atoms with Crippen molar-refractivity contribution in [3.63, 3.8) is 0 Å².